The molecule has 0 spiro atoms. The van der Waals surface area contributed by atoms with Crippen LogP contribution in [0.2, 0.25) is 0 Å². The van der Waals surface area contributed by atoms with Crippen molar-refractivity contribution >= 4 is 6.08 Å². The van der Waals surface area contributed by atoms with Gasteiger partial charge >= 0.3 is 0 Å². The molecule has 2 N–H and O–H groups in total. The van der Waals surface area contributed by atoms with Crippen LogP contribution in [-0.2, 0) is 0 Å². The molecule has 0 aromatic heterocycles. The molecule has 98 valence electrons. The minimum absolute atomic E-state index is 0.783. The predicted octanol–water partition coefficient (Wildman–Crippen LogP) is 4.49. The fraction of sp³-hybridized carbons (Fsp3) is 0.529. The minimum Gasteiger partial charge on any atom is -0.330 e. The standard InChI is InChI=1S/C17H25N/c18-14-6-2-3-7-15-10-12-17(13-11-15)16-8-4-1-5-9-16/h3,7,10-13,16H,1-2,4-6,8-9,14,18H2/b7-3+. The Bertz CT molecular complexity index is 358. The van der Waals surface area contributed by atoms with Gasteiger partial charge in [-0.2, -0.15) is 0 Å². The average Bonchev–Trinajstić information content (AvgIpc) is 2.45. The molecule has 18 heavy (non-hydrogen) atoms. The highest BCUT2D eigenvalue weighted by Crippen LogP contribution is 2.32. The molecular weight excluding hydrogens is 218 g/mol. The number of hydrogen-bond donors (Lipinski definition) is 1. The Morgan fingerprint density at radius 2 is 1.78 bits per heavy atom. The van der Waals surface area contributed by atoms with E-state index in [-0.39, 0.29) is 0 Å². The number of nitrogens with two attached hydrogens (primary N) is 1. The summed E-state index contributed by atoms with van der Waals surface area (Å²) in [5.41, 5.74) is 8.32. The van der Waals surface area contributed by atoms with Crippen molar-refractivity contribution in [2.75, 3.05) is 6.54 Å². The molecule has 0 atom stereocenters. The van der Waals surface area contributed by atoms with Gasteiger partial charge in [0.2, 0.25) is 0 Å². The second-order valence-corrected chi connectivity index (χ2v) is 5.33. The number of benzene rings is 1. The first kappa shape index (κ1) is 13.4. The molecule has 2 rings (SSSR count). The summed E-state index contributed by atoms with van der Waals surface area (Å²) in [7, 11) is 0. The first-order chi connectivity index (χ1) is 8.90. The summed E-state index contributed by atoms with van der Waals surface area (Å²) in [4.78, 5) is 0. The molecule has 1 aliphatic rings. The van der Waals surface area contributed by atoms with Crippen molar-refractivity contribution in [3.8, 4) is 0 Å². The fourth-order valence-corrected chi connectivity index (χ4v) is 2.77. The van der Waals surface area contributed by atoms with Gasteiger partial charge in [-0.25, -0.2) is 0 Å². The van der Waals surface area contributed by atoms with Gasteiger partial charge < -0.3 is 5.73 Å². The van der Waals surface area contributed by atoms with E-state index < -0.39 is 0 Å². The number of rotatable bonds is 5. The van der Waals surface area contributed by atoms with Crippen LogP contribution >= 0.6 is 0 Å². The summed E-state index contributed by atoms with van der Waals surface area (Å²) in [5.74, 6) is 0.814. The molecule has 1 aromatic carbocycles. The molecule has 1 fully saturated rings. The Labute approximate surface area is 111 Å². The quantitative estimate of drug-likeness (QED) is 0.758. The van der Waals surface area contributed by atoms with Gasteiger partial charge in [-0.05, 0) is 49.3 Å². The summed E-state index contributed by atoms with van der Waals surface area (Å²) >= 11 is 0. The lowest BCUT2D eigenvalue weighted by atomic mass is 9.84. The van der Waals surface area contributed by atoms with E-state index in [2.05, 4.69) is 36.4 Å². The van der Waals surface area contributed by atoms with Crippen LogP contribution in [0.4, 0.5) is 0 Å². The van der Waals surface area contributed by atoms with Crippen molar-refractivity contribution < 1.29 is 0 Å². The van der Waals surface area contributed by atoms with Gasteiger partial charge in [-0.1, -0.05) is 55.7 Å². The van der Waals surface area contributed by atoms with Gasteiger partial charge in [0, 0.05) is 0 Å². The maximum Gasteiger partial charge on any atom is -0.00743 e. The van der Waals surface area contributed by atoms with Crippen LogP contribution < -0.4 is 5.73 Å². The van der Waals surface area contributed by atoms with Gasteiger partial charge in [0.15, 0.2) is 0 Å². The van der Waals surface area contributed by atoms with Crippen LogP contribution in [0.5, 0.6) is 0 Å². The molecule has 1 aromatic rings. The van der Waals surface area contributed by atoms with E-state index in [1.165, 1.54) is 43.2 Å². The molecule has 0 radical (unpaired) electrons. The molecule has 0 amide bonds. The van der Waals surface area contributed by atoms with Gasteiger partial charge in [0.25, 0.3) is 0 Å². The normalized spacial score (nSPS) is 17.4. The zero-order valence-corrected chi connectivity index (χ0v) is 11.3. The summed E-state index contributed by atoms with van der Waals surface area (Å²) in [6, 6.07) is 9.14. The summed E-state index contributed by atoms with van der Waals surface area (Å²) in [6.45, 7) is 0.783. The van der Waals surface area contributed by atoms with Crippen LogP contribution in [-0.4, -0.2) is 6.54 Å². The molecule has 1 aliphatic carbocycles. The molecule has 0 saturated heterocycles. The van der Waals surface area contributed by atoms with Gasteiger partial charge in [-0.3, -0.25) is 0 Å². The van der Waals surface area contributed by atoms with Crippen molar-refractivity contribution in [1.82, 2.24) is 0 Å². The highest BCUT2D eigenvalue weighted by Gasteiger charge is 2.14. The first-order valence-electron chi connectivity index (χ1n) is 7.37. The molecule has 1 saturated carbocycles. The topological polar surface area (TPSA) is 26.0 Å². The van der Waals surface area contributed by atoms with Gasteiger partial charge in [0.1, 0.15) is 0 Å². The van der Waals surface area contributed by atoms with Crippen molar-refractivity contribution in [1.29, 1.82) is 0 Å². The lowest BCUT2D eigenvalue weighted by molar-refractivity contribution is 0.443. The molecule has 0 unspecified atom stereocenters. The second-order valence-electron chi connectivity index (χ2n) is 5.33. The van der Waals surface area contributed by atoms with E-state index in [9.17, 15) is 0 Å². The highest BCUT2D eigenvalue weighted by atomic mass is 14.5. The molecule has 0 aliphatic heterocycles. The van der Waals surface area contributed by atoms with Crippen molar-refractivity contribution in [3.05, 3.63) is 41.5 Å². The predicted molar refractivity (Wildman–Crippen MR) is 79.6 cm³/mol. The van der Waals surface area contributed by atoms with E-state index in [1.807, 2.05) is 0 Å². The third kappa shape index (κ3) is 3.99. The average molecular weight is 243 g/mol. The molecule has 0 heterocycles. The summed E-state index contributed by atoms with van der Waals surface area (Å²) < 4.78 is 0. The van der Waals surface area contributed by atoms with Crippen LogP contribution in [0.3, 0.4) is 0 Å². The van der Waals surface area contributed by atoms with Crippen molar-refractivity contribution in [2.24, 2.45) is 5.73 Å². The minimum atomic E-state index is 0.783. The number of hydrogen-bond acceptors (Lipinski definition) is 1. The third-order valence-electron chi connectivity index (χ3n) is 3.90. The molecule has 1 nitrogen and oxygen atoms in total. The van der Waals surface area contributed by atoms with Crippen LogP contribution in [0.1, 0.15) is 62.0 Å². The van der Waals surface area contributed by atoms with Crippen LogP contribution in [0.25, 0.3) is 6.08 Å². The lowest BCUT2D eigenvalue weighted by Gasteiger charge is -2.21. The van der Waals surface area contributed by atoms with Gasteiger partial charge in [0.05, 0.1) is 0 Å². The largest absolute Gasteiger partial charge is 0.330 e. The highest BCUT2D eigenvalue weighted by molar-refractivity contribution is 5.49. The zero-order chi connectivity index (χ0) is 12.6. The van der Waals surface area contributed by atoms with E-state index in [0.29, 0.717) is 0 Å². The van der Waals surface area contributed by atoms with Crippen molar-refractivity contribution in [3.63, 3.8) is 0 Å². The van der Waals surface area contributed by atoms with Crippen LogP contribution in [0.15, 0.2) is 30.3 Å². The smallest absolute Gasteiger partial charge is 0.00743 e. The second kappa shape index (κ2) is 7.38. The van der Waals surface area contributed by atoms with E-state index in [0.717, 1.165) is 25.3 Å². The molecule has 0 bridgehead atoms. The summed E-state index contributed by atoms with van der Waals surface area (Å²) in [6.07, 6.45) is 13.6. The Balaban J connectivity index is 1.90. The first-order valence-corrected chi connectivity index (χ1v) is 7.37. The maximum atomic E-state index is 5.48. The van der Waals surface area contributed by atoms with Gasteiger partial charge in [-0.15, -0.1) is 0 Å². The molecular formula is C17H25N. The van der Waals surface area contributed by atoms with E-state index >= 15 is 0 Å². The lowest BCUT2D eigenvalue weighted by Crippen LogP contribution is -2.04. The Hall–Kier alpha value is -1.08. The number of allylic oxidation sites excluding steroid dienone is 1. The van der Waals surface area contributed by atoms with E-state index in [1.54, 1.807) is 0 Å². The fourth-order valence-electron chi connectivity index (χ4n) is 2.77. The Morgan fingerprint density at radius 3 is 2.44 bits per heavy atom. The zero-order valence-electron chi connectivity index (χ0n) is 11.3. The third-order valence-corrected chi connectivity index (χ3v) is 3.90. The Kier molecular flexibility index (Phi) is 5.47. The molecule has 1 heteroatoms. The van der Waals surface area contributed by atoms with Crippen LogP contribution in [0, 0.1) is 0 Å². The monoisotopic (exact) mass is 243 g/mol. The van der Waals surface area contributed by atoms with Crippen molar-refractivity contribution in [2.45, 2.75) is 50.9 Å². The Morgan fingerprint density at radius 1 is 1.06 bits per heavy atom. The van der Waals surface area contributed by atoms with E-state index in [4.69, 9.17) is 5.73 Å². The SMILES string of the molecule is NCCC/C=C/c1ccc(C2CCCCC2)cc1. The summed E-state index contributed by atoms with van der Waals surface area (Å²) in [5, 5.41) is 0. The maximum absolute atomic E-state index is 5.48. The number of unbranched alkanes of at least 4 members (excludes halogenated alkanes) is 1.